The van der Waals surface area contributed by atoms with Crippen LogP contribution < -0.4 is 10.5 Å². The number of hydrogen-bond acceptors (Lipinski definition) is 4. The minimum atomic E-state index is -0.0900. The highest BCUT2D eigenvalue weighted by Crippen LogP contribution is 2.23. The molecule has 2 N–H and O–H groups in total. The molecule has 0 atom stereocenters. The molecule has 0 aliphatic carbocycles. The van der Waals surface area contributed by atoms with Gasteiger partial charge in [-0.1, -0.05) is 12.1 Å². The molecule has 1 heterocycles. The maximum atomic E-state index is 11.5. The molecular weight excluding hydrogens is 204 g/mol. The highest BCUT2D eigenvalue weighted by molar-refractivity contribution is 6.01. The minimum Gasteiger partial charge on any atom is -0.481 e. The Morgan fingerprint density at radius 1 is 1.44 bits per heavy atom. The molecule has 2 rings (SSSR count). The van der Waals surface area contributed by atoms with Gasteiger partial charge in [-0.3, -0.25) is 4.79 Å². The zero-order chi connectivity index (χ0) is 11.5. The summed E-state index contributed by atoms with van der Waals surface area (Å²) in [6, 6.07) is 7.25. The summed E-state index contributed by atoms with van der Waals surface area (Å²) in [7, 11) is 1.55. The molecule has 2 aromatic rings. The van der Waals surface area contributed by atoms with Gasteiger partial charge in [-0.15, -0.1) is 0 Å². The number of ketones is 1. The number of carbonyl (C=O) groups is 1. The van der Waals surface area contributed by atoms with Gasteiger partial charge in [0.1, 0.15) is 0 Å². The molecule has 0 fully saturated rings. The lowest BCUT2D eigenvalue weighted by atomic mass is 10.1. The Balaban J connectivity index is 2.63. The van der Waals surface area contributed by atoms with Crippen LogP contribution in [0, 0.1) is 0 Å². The highest BCUT2D eigenvalue weighted by Gasteiger charge is 2.07. The van der Waals surface area contributed by atoms with E-state index < -0.39 is 0 Å². The maximum absolute atomic E-state index is 11.5. The van der Waals surface area contributed by atoms with Crippen molar-refractivity contribution in [2.75, 3.05) is 13.7 Å². The number of fused-ring (bicyclic) bond motifs is 1. The third-order valence-corrected chi connectivity index (χ3v) is 2.43. The molecule has 82 valence electrons. The van der Waals surface area contributed by atoms with E-state index in [-0.39, 0.29) is 12.3 Å². The standard InChI is InChI=1S/C12H12N2O2/c1-16-12-10-6-9(11(15)7-13)3-2-8(10)4-5-14-12/h2-6H,7,13H2,1H3. The number of ether oxygens (including phenoxy) is 1. The van der Waals surface area contributed by atoms with Crippen LogP contribution in [0.3, 0.4) is 0 Å². The summed E-state index contributed by atoms with van der Waals surface area (Å²) in [5.74, 6) is 0.428. The molecular formula is C12H12N2O2. The number of methoxy groups -OCH3 is 1. The first-order chi connectivity index (χ1) is 7.76. The topological polar surface area (TPSA) is 65.2 Å². The predicted molar refractivity (Wildman–Crippen MR) is 61.7 cm³/mol. The summed E-state index contributed by atoms with van der Waals surface area (Å²) in [6.07, 6.45) is 1.67. The molecule has 16 heavy (non-hydrogen) atoms. The third kappa shape index (κ3) is 1.75. The third-order valence-electron chi connectivity index (χ3n) is 2.43. The van der Waals surface area contributed by atoms with Crippen LogP contribution in [0.4, 0.5) is 0 Å². The van der Waals surface area contributed by atoms with Crippen LogP contribution in [-0.2, 0) is 0 Å². The fraction of sp³-hybridized carbons (Fsp3) is 0.167. The van der Waals surface area contributed by atoms with Crippen molar-refractivity contribution < 1.29 is 9.53 Å². The van der Waals surface area contributed by atoms with Crippen molar-refractivity contribution >= 4 is 16.6 Å². The Morgan fingerprint density at radius 2 is 2.25 bits per heavy atom. The van der Waals surface area contributed by atoms with Gasteiger partial charge in [0.15, 0.2) is 5.78 Å². The maximum Gasteiger partial charge on any atom is 0.221 e. The van der Waals surface area contributed by atoms with E-state index in [4.69, 9.17) is 10.5 Å². The zero-order valence-corrected chi connectivity index (χ0v) is 8.93. The smallest absolute Gasteiger partial charge is 0.221 e. The van der Waals surface area contributed by atoms with Gasteiger partial charge >= 0.3 is 0 Å². The number of benzene rings is 1. The Kier molecular flexibility index (Phi) is 2.83. The molecule has 4 heteroatoms. The predicted octanol–water partition coefficient (Wildman–Crippen LogP) is 1.38. The van der Waals surface area contributed by atoms with Crippen LogP contribution in [0.25, 0.3) is 10.8 Å². The molecule has 0 unspecified atom stereocenters. The van der Waals surface area contributed by atoms with Gasteiger partial charge in [-0.05, 0) is 17.5 Å². The van der Waals surface area contributed by atoms with Crippen molar-refractivity contribution in [3.8, 4) is 5.88 Å². The van der Waals surface area contributed by atoms with Crippen molar-refractivity contribution in [2.45, 2.75) is 0 Å². The molecule has 0 saturated carbocycles. The summed E-state index contributed by atoms with van der Waals surface area (Å²) < 4.78 is 5.14. The van der Waals surface area contributed by atoms with E-state index in [9.17, 15) is 4.79 Å². The second-order valence-electron chi connectivity index (χ2n) is 3.38. The van der Waals surface area contributed by atoms with Crippen molar-refractivity contribution in [1.29, 1.82) is 0 Å². The molecule has 0 spiro atoms. The molecule has 0 saturated heterocycles. The number of nitrogens with zero attached hydrogens (tertiary/aromatic N) is 1. The zero-order valence-electron chi connectivity index (χ0n) is 8.93. The van der Waals surface area contributed by atoms with Gasteiger partial charge < -0.3 is 10.5 Å². The quantitative estimate of drug-likeness (QED) is 0.787. The number of hydrogen-bond donors (Lipinski definition) is 1. The first kappa shape index (κ1) is 10.6. The van der Waals surface area contributed by atoms with Crippen LogP contribution in [0.2, 0.25) is 0 Å². The molecule has 0 aliphatic heterocycles. The number of carbonyl (C=O) groups excluding carboxylic acids is 1. The van der Waals surface area contributed by atoms with Crippen molar-refractivity contribution in [3.63, 3.8) is 0 Å². The SMILES string of the molecule is COc1nccc2ccc(C(=O)CN)cc12. The number of nitrogens with two attached hydrogens (primary N) is 1. The van der Waals surface area contributed by atoms with E-state index in [0.29, 0.717) is 11.4 Å². The monoisotopic (exact) mass is 216 g/mol. The number of pyridine rings is 1. The number of rotatable bonds is 3. The molecule has 4 nitrogen and oxygen atoms in total. The molecule has 0 radical (unpaired) electrons. The fourth-order valence-electron chi connectivity index (χ4n) is 1.60. The van der Waals surface area contributed by atoms with Gasteiger partial charge in [0.2, 0.25) is 5.88 Å². The normalized spacial score (nSPS) is 10.4. The first-order valence-corrected chi connectivity index (χ1v) is 4.92. The second-order valence-corrected chi connectivity index (χ2v) is 3.38. The van der Waals surface area contributed by atoms with Crippen molar-refractivity contribution in [1.82, 2.24) is 4.98 Å². The Bertz CT molecular complexity index is 538. The van der Waals surface area contributed by atoms with Crippen LogP contribution in [-0.4, -0.2) is 24.4 Å². The lowest BCUT2D eigenvalue weighted by Crippen LogP contribution is -2.13. The lowest BCUT2D eigenvalue weighted by Gasteiger charge is -2.05. The molecule has 0 bridgehead atoms. The molecule has 0 aliphatic rings. The highest BCUT2D eigenvalue weighted by atomic mass is 16.5. The minimum absolute atomic E-state index is 0.00802. The Labute approximate surface area is 93.0 Å². The van der Waals surface area contributed by atoms with Crippen molar-refractivity contribution in [2.24, 2.45) is 5.73 Å². The van der Waals surface area contributed by atoms with Crippen molar-refractivity contribution in [3.05, 3.63) is 36.0 Å². The molecule has 1 aromatic carbocycles. The second kappa shape index (κ2) is 4.28. The first-order valence-electron chi connectivity index (χ1n) is 4.92. The summed E-state index contributed by atoms with van der Waals surface area (Å²) in [5.41, 5.74) is 5.91. The lowest BCUT2D eigenvalue weighted by molar-refractivity contribution is 0.100. The van der Waals surface area contributed by atoms with Gasteiger partial charge in [0.05, 0.1) is 13.7 Å². The molecule has 0 amide bonds. The summed E-state index contributed by atoms with van der Waals surface area (Å²) >= 11 is 0. The van der Waals surface area contributed by atoms with E-state index in [2.05, 4.69) is 4.98 Å². The van der Waals surface area contributed by atoms with E-state index in [1.165, 1.54) is 0 Å². The van der Waals surface area contributed by atoms with E-state index >= 15 is 0 Å². The Hall–Kier alpha value is -1.94. The Morgan fingerprint density at radius 3 is 2.94 bits per heavy atom. The van der Waals surface area contributed by atoms with Gasteiger partial charge in [-0.2, -0.15) is 0 Å². The number of aromatic nitrogens is 1. The van der Waals surface area contributed by atoms with Gasteiger partial charge in [-0.25, -0.2) is 4.98 Å². The number of Topliss-reactive ketones (excluding diaryl/α,β-unsaturated/α-hetero) is 1. The van der Waals surface area contributed by atoms with E-state index in [1.807, 2.05) is 12.1 Å². The van der Waals surface area contributed by atoms with E-state index in [1.54, 1.807) is 25.4 Å². The summed E-state index contributed by atoms with van der Waals surface area (Å²) in [6.45, 7) is 0.00802. The summed E-state index contributed by atoms with van der Waals surface area (Å²) in [5, 5.41) is 1.81. The average molecular weight is 216 g/mol. The van der Waals surface area contributed by atoms with E-state index in [0.717, 1.165) is 10.8 Å². The van der Waals surface area contributed by atoms with Gasteiger partial charge in [0, 0.05) is 17.1 Å². The summed E-state index contributed by atoms with van der Waals surface area (Å²) in [4.78, 5) is 15.6. The van der Waals surface area contributed by atoms with Crippen LogP contribution in [0.5, 0.6) is 5.88 Å². The van der Waals surface area contributed by atoms with Crippen LogP contribution in [0.15, 0.2) is 30.5 Å². The average Bonchev–Trinajstić information content (AvgIpc) is 2.36. The van der Waals surface area contributed by atoms with Crippen LogP contribution >= 0.6 is 0 Å². The largest absolute Gasteiger partial charge is 0.481 e. The molecule has 1 aromatic heterocycles. The van der Waals surface area contributed by atoms with Gasteiger partial charge in [0.25, 0.3) is 0 Å². The van der Waals surface area contributed by atoms with Crippen LogP contribution in [0.1, 0.15) is 10.4 Å². The fourth-order valence-corrected chi connectivity index (χ4v) is 1.60.